The third-order valence-electron chi connectivity index (χ3n) is 5.63. The molecule has 0 unspecified atom stereocenters. The van der Waals surface area contributed by atoms with E-state index >= 15 is 0 Å². The Morgan fingerprint density at radius 1 is 0.964 bits per heavy atom. The van der Waals surface area contributed by atoms with Gasteiger partial charge < -0.3 is 20.7 Å². The Kier molecular flexibility index (Phi) is 5.30. The summed E-state index contributed by atoms with van der Waals surface area (Å²) >= 11 is 0. The minimum Gasteiger partial charge on any atom is -0.457 e. The first-order chi connectivity index (χ1) is 13.7. The first-order valence-electron chi connectivity index (χ1n) is 9.73. The highest BCUT2D eigenvalue weighted by atomic mass is 16.5. The van der Waals surface area contributed by atoms with Gasteiger partial charge in [0.15, 0.2) is 0 Å². The van der Waals surface area contributed by atoms with Crippen LogP contribution in [0.4, 0.5) is 0 Å². The third-order valence-corrected chi connectivity index (χ3v) is 5.63. The molecule has 4 rings (SSSR count). The largest absolute Gasteiger partial charge is 0.457 e. The summed E-state index contributed by atoms with van der Waals surface area (Å²) in [5.74, 6) is 1.30. The van der Waals surface area contributed by atoms with Crippen molar-refractivity contribution in [2.24, 2.45) is 11.8 Å². The topological polar surface area (TPSA) is 79.5 Å². The van der Waals surface area contributed by atoms with Crippen LogP contribution in [-0.2, 0) is 9.59 Å². The molecule has 0 radical (unpaired) electrons. The van der Waals surface area contributed by atoms with Crippen molar-refractivity contribution in [3.8, 4) is 11.5 Å². The smallest absolute Gasteiger partial charge is 0.224 e. The van der Waals surface area contributed by atoms with Crippen LogP contribution in [0.3, 0.4) is 0 Å². The van der Waals surface area contributed by atoms with Gasteiger partial charge in [0, 0.05) is 43.7 Å². The van der Waals surface area contributed by atoms with Crippen LogP contribution in [0.2, 0.25) is 0 Å². The molecule has 0 spiro atoms. The van der Waals surface area contributed by atoms with Crippen molar-refractivity contribution in [1.29, 1.82) is 0 Å². The molecule has 1 saturated heterocycles. The molecular weight excluding hydrogens is 354 g/mol. The summed E-state index contributed by atoms with van der Waals surface area (Å²) in [6.45, 7) is 1.71. The van der Waals surface area contributed by atoms with E-state index in [4.69, 9.17) is 4.74 Å². The normalized spacial score (nSPS) is 21.0. The fourth-order valence-electron chi connectivity index (χ4n) is 4.12. The van der Waals surface area contributed by atoms with Crippen LogP contribution in [0, 0.1) is 11.8 Å². The molecule has 0 aliphatic carbocycles. The van der Waals surface area contributed by atoms with Crippen LogP contribution in [0.5, 0.6) is 11.5 Å². The van der Waals surface area contributed by atoms with Crippen molar-refractivity contribution in [2.75, 3.05) is 26.7 Å². The molecule has 146 valence electrons. The Morgan fingerprint density at radius 3 is 2.14 bits per heavy atom. The molecule has 28 heavy (non-hydrogen) atoms. The molecule has 2 aromatic rings. The fourth-order valence-corrected chi connectivity index (χ4v) is 4.12. The summed E-state index contributed by atoms with van der Waals surface area (Å²) < 4.78 is 6.02. The number of carbonyl (C=O) groups excluding carboxylic acids is 2. The van der Waals surface area contributed by atoms with Crippen molar-refractivity contribution in [1.82, 2.24) is 16.0 Å². The van der Waals surface area contributed by atoms with E-state index in [0.29, 0.717) is 26.1 Å². The van der Waals surface area contributed by atoms with Crippen molar-refractivity contribution >= 4 is 11.8 Å². The standard InChI is InChI=1S/C22H25N3O3/c1-23-21(26)14-10-15(12-24-11-14)22(27)25-13-18-16-6-2-4-8-19(16)28-20-9-5-3-7-17(18)20/h2-9,14-15,18,24H,10-13H2,1H3,(H,23,26)(H,25,27)/t14-,15+/m1/s1. The molecule has 2 aliphatic heterocycles. The molecule has 1 fully saturated rings. The Balaban J connectivity index is 1.48. The number of hydrogen-bond acceptors (Lipinski definition) is 4. The van der Waals surface area contributed by atoms with Gasteiger partial charge in [-0.25, -0.2) is 0 Å². The average Bonchev–Trinajstić information content (AvgIpc) is 2.75. The van der Waals surface area contributed by atoms with Crippen LogP contribution < -0.4 is 20.7 Å². The summed E-state index contributed by atoms with van der Waals surface area (Å²) in [6.07, 6.45) is 0.569. The van der Waals surface area contributed by atoms with E-state index in [1.807, 2.05) is 48.5 Å². The predicted octanol–water partition coefficient (Wildman–Crippen LogP) is 2.01. The summed E-state index contributed by atoms with van der Waals surface area (Å²) in [6, 6.07) is 15.9. The van der Waals surface area contributed by atoms with E-state index in [1.54, 1.807) is 7.05 Å². The highest BCUT2D eigenvalue weighted by Gasteiger charge is 2.32. The van der Waals surface area contributed by atoms with Gasteiger partial charge in [-0.3, -0.25) is 9.59 Å². The third kappa shape index (κ3) is 3.60. The van der Waals surface area contributed by atoms with E-state index in [9.17, 15) is 9.59 Å². The lowest BCUT2D eigenvalue weighted by atomic mass is 9.87. The minimum absolute atomic E-state index is 0.0115. The Bertz CT molecular complexity index is 837. The van der Waals surface area contributed by atoms with Gasteiger partial charge in [-0.05, 0) is 18.6 Å². The Labute approximate surface area is 164 Å². The number of carbonyl (C=O) groups is 2. The van der Waals surface area contributed by atoms with Crippen molar-refractivity contribution in [3.63, 3.8) is 0 Å². The van der Waals surface area contributed by atoms with Crippen molar-refractivity contribution in [3.05, 3.63) is 59.7 Å². The number of benzene rings is 2. The average molecular weight is 379 g/mol. The zero-order valence-corrected chi connectivity index (χ0v) is 15.9. The van der Waals surface area contributed by atoms with Gasteiger partial charge >= 0.3 is 0 Å². The summed E-state index contributed by atoms with van der Waals surface area (Å²) in [5.41, 5.74) is 2.15. The number of hydrogen-bond donors (Lipinski definition) is 3. The number of piperidine rings is 1. The number of ether oxygens (including phenoxy) is 1. The molecule has 0 aromatic heterocycles. The monoisotopic (exact) mass is 379 g/mol. The quantitative estimate of drug-likeness (QED) is 0.759. The number of nitrogens with one attached hydrogen (secondary N) is 3. The predicted molar refractivity (Wildman–Crippen MR) is 106 cm³/mol. The summed E-state index contributed by atoms with van der Waals surface area (Å²) in [5, 5.41) is 9.00. The summed E-state index contributed by atoms with van der Waals surface area (Å²) in [7, 11) is 1.63. The zero-order chi connectivity index (χ0) is 19.5. The molecule has 2 atom stereocenters. The molecule has 2 heterocycles. The number of rotatable bonds is 4. The maximum atomic E-state index is 12.8. The molecule has 2 amide bonds. The van der Waals surface area contributed by atoms with E-state index in [1.165, 1.54) is 0 Å². The molecule has 6 heteroatoms. The van der Waals surface area contributed by atoms with E-state index in [2.05, 4.69) is 16.0 Å². The van der Waals surface area contributed by atoms with Crippen LogP contribution in [0.25, 0.3) is 0 Å². The SMILES string of the molecule is CNC(=O)[C@H]1CNC[C@@H](C(=O)NCC2c3ccccc3Oc3ccccc32)C1. The molecule has 3 N–H and O–H groups in total. The maximum absolute atomic E-state index is 12.8. The lowest BCUT2D eigenvalue weighted by Crippen LogP contribution is -2.48. The van der Waals surface area contributed by atoms with Gasteiger partial charge in [0.2, 0.25) is 11.8 Å². The second-order valence-corrected chi connectivity index (χ2v) is 7.38. The van der Waals surface area contributed by atoms with E-state index < -0.39 is 0 Å². The van der Waals surface area contributed by atoms with Gasteiger partial charge in [0.1, 0.15) is 11.5 Å². The molecule has 2 aliphatic rings. The molecule has 2 aromatic carbocycles. The fraction of sp³-hybridized carbons (Fsp3) is 0.364. The number of fused-ring (bicyclic) bond motifs is 2. The van der Waals surface area contributed by atoms with Crippen LogP contribution in [0.1, 0.15) is 23.5 Å². The second-order valence-electron chi connectivity index (χ2n) is 7.38. The van der Waals surface area contributed by atoms with Crippen molar-refractivity contribution in [2.45, 2.75) is 12.3 Å². The van der Waals surface area contributed by atoms with Gasteiger partial charge in [-0.2, -0.15) is 0 Å². The van der Waals surface area contributed by atoms with E-state index in [0.717, 1.165) is 22.6 Å². The second kappa shape index (κ2) is 8.02. The zero-order valence-electron chi connectivity index (χ0n) is 15.9. The number of para-hydroxylation sites is 2. The van der Waals surface area contributed by atoms with E-state index in [-0.39, 0.29) is 29.6 Å². The maximum Gasteiger partial charge on any atom is 0.224 e. The highest BCUT2D eigenvalue weighted by Crippen LogP contribution is 2.43. The Morgan fingerprint density at radius 2 is 1.54 bits per heavy atom. The lowest BCUT2D eigenvalue weighted by molar-refractivity contribution is -0.129. The first-order valence-corrected chi connectivity index (χ1v) is 9.73. The highest BCUT2D eigenvalue weighted by molar-refractivity contribution is 5.82. The number of amides is 2. The van der Waals surface area contributed by atoms with Gasteiger partial charge in [-0.1, -0.05) is 36.4 Å². The van der Waals surface area contributed by atoms with Crippen molar-refractivity contribution < 1.29 is 14.3 Å². The van der Waals surface area contributed by atoms with Gasteiger partial charge in [0.25, 0.3) is 0 Å². The molecular formula is C22H25N3O3. The van der Waals surface area contributed by atoms with Crippen LogP contribution in [0.15, 0.2) is 48.5 Å². The molecule has 0 saturated carbocycles. The Hall–Kier alpha value is -2.86. The van der Waals surface area contributed by atoms with Crippen LogP contribution in [-0.4, -0.2) is 38.5 Å². The minimum atomic E-state index is -0.207. The van der Waals surface area contributed by atoms with Crippen LogP contribution >= 0.6 is 0 Å². The first kappa shape index (κ1) is 18.5. The summed E-state index contributed by atoms with van der Waals surface area (Å²) in [4.78, 5) is 24.7. The molecule has 6 nitrogen and oxygen atoms in total. The molecule has 0 bridgehead atoms. The van der Waals surface area contributed by atoms with Gasteiger partial charge in [-0.15, -0.1) is 0 Å². The van der Waals surface area contributed by atoms with Gasteiger partial charge in [0.05, 0.1) is 11.8 Å². The lowest BCUT2D eigenvalue weighted by Gasteiger charge is -2.30.